The Morgan fingerprint density at radius 3 is 1.39 bits per heavy atom. The molecule has 0 N–H and O–H groups in total. The highest BCUT2D eigenvalue weighted by Crippen LogP contribution is 2.40. The van der Waals surface area contributed by atoms with Gasteiger partial charge in [-0.05, 0) is 116 Å². The van der Waals surface area contributed by atoms with Gasteiger partial charge in [0.15, 0.2) is 0 Å². The SMILES string of the molecule is c1ccc(-c2ccc(-c3ccc(N(c4ccc(-c5cccc(-c6ccc7ccccc7c6)c5)cc4)c4cccc(-c5cc6ccccc6o5)c4)cc3)cc2)cc1. The Balaban J connectivity index is 0.999. The number of furan rings is 1. The number of rotatable bonds is 8. The van der Waals surface area contributed by atoms with Crippen molar-refractivity contribution in [1.29, 1.82) is 0 Å². The van der Waals surface area contributed by atoms with Crippen molar-refractivity contribution < 1.29 is 4.42 Å². The number of nitrogens with zero attached hydrogens (tertiary/aromatic N) is 1. The minimum Gasteiger partial charge on any atom is -0.456 e. The number of hydrogen-bond acceptors (Lipinski definition) is 2. The van der Waals surface area contributed by atoms with Crippen LogP contribution in [-0.4, -0.2) is 0 Å². The van der Waals surface area contributed by atoms with Crippen LogP contribution in [0.5, 0.6) is 0 Å². The summed E-state index contributed by atoms with van der Waals surface area (Å²) >= 11 is 0. The molecule has 10 aromatic rings. The van der Waals surface area contributed by atoms with Gasteiger partial charge in [-0.15, -0.1) is 0 Å². The first kappa shape index (κ1) is 33.2. The maximum atomic E-state index is 6.31. The molecule has 0 aliphatic carbocycles. The van der Waals surface area contributed by atoms with Crippen LogP contribution in [0, 0.1) is 0 Å². The first-order valence-electron chi connectivity index (χ1n) is 19.1. The van der Waals surface area contributed by atoms with E-state index in [0.29, 0.717) is 0 Å². The van der Waals surface area contributed by atoms with E-state index in [1.807, 2.05) is 18.2 Å². The van der Waals surface area contributed by atoms with Crippen LogP contribution in [0.15, 0.2) is 229 Å². The lowest BCUT2D eigenvalue weighted by Crippen LogP contribution is -2.10. The molecule has 1 aromatic heterocycles. The topological polar surface area (TPSA) is 16.4 Å². The van der Waals surface area contributed by atoms with E-state index >= 15 is 0 Å². The van der Waals surface area contributed by atoms with E-state index in [2.05, 4.69) is 211 Å². The first-order chi connectivity index (χ1) is 27.7. The van der Waals surface area contributed by atoms with Crippen molar-refractivity contribution in [2.45, 2.75) is 0 Å². The lowest BCUT2D eigenvalue weighted by atomic mass is 9.97. The van der Waals surface area contributed by atoms with E-state index in [-0.39, 0.29) is 0 Å². The van der Waals surface area contributed by atoms with Crippen molar-refractivity contribution in [1.82, 2.24) is 0 Å². The average Bonchev–Trinajstić information content (AvgIpc) is 3.72. The zero-order valence-corrected chi connectivity index (χ0v) is 30.7. The molecule has 1 heterocycles. The normalized spacial score (nSPS) is 11.2. The van der Waals surface area contributed by atoms with Crippen LogP contribution in [0.4, 0.5) is 17.1 Å². The number of benzene rings is 9. The van der Waals surface area contributed by atoms with Crippen LogP contribution in [0.25, 0.3) is 77.6 Å². The summed E-state index contributed by atoms with van der Waals surface area (Å²) < 4.78 is 6.31. The van der Waals surface area contributed by atoms with Gasteiger partial charge in [0.25, 0.3) is 0 Å². The van der Waals surface area contributed by atoms with Gasteiger partial charge in [0.2, 0.25) is 0 Å². The Bertz CT molecular complexity index is 2910. The minimum atomic E-state index is 0.851. The van der Waals surface area contributed by atoms with E-state index in [1.165, 1.54) is 55.3 Å². The lowest BCUT2D eigenvalue weighted by molar-refractivity contribution is 0.631. The molecule has 10 rings (SSSR count). The molecule has 264 valence electrons. The van der Waals surface area contributed by atoms with Crippen LogP contribution in [-0.2, 0) is 0 Å². The van der Waals surface area contributed by atoms with Gasteiger partial charge in [0, 0.05) is 28.0 Å². The molecule has 9 aromatic carbocycles. The largest absolute Gasteiger partial charge is 0.456 e. The standard InChI is InChI=1S/C54H37NO/c1-2-10-38(11-3-1)40-20-22-41(23-21-40)42-26-30-50(31-27-42)55(52-18-9-17-48(36-52)54-37-49-14-6-7-19-53(49)56-54)51-32-28-43(29-33-51)45-15-8-16-46(34-45)47-25-24-39-12-4-5-13-44(39)35-47/h1-37H. The summed E-state index contributed by atoms with van der Waals surface area (Å²) in [5.74, 6) is 0.851. The number of anilines is 3. The Hall–Kier alpha value is -7.42. The molecule has 0 aliphatic heterocycles. The molecule has 0 unspecified atom stereocenters. The molecular weight excluding hydrogens is 679 g/mol. The fraction of sp³-hybridized carbons (Fsp3) is 0. The van der Waals surface area contributed by atoms with E-state index in [9.17, 15) is 0 Å². The lowest BCUT2D eigenvalue weighted by Gasteiger charge is -2.26. The van der Waals surface area contributed by atoms with E-state index in [1.54, 1.807) is 0 Å². The molecule has 2 nitrogen and oxygen atoms in total. The van der Waals surface area contributed by atoms with Gasteiger partial charge in [-0.2, -0.15) is 0 Å². The summed E-state index contributed by atoms with van der Waals surface area (Å²) in [7, 11) is 0. The highest BCUT2D eigenvalue weighted by molar-refractivity contribution is 5.89. The molecule has 0 aliphatic rings. The van der Waals surface area contributed by atoms with E-state index in [0.717, 1.165) is 39.4 Å². The molecule has 0 bridgehead atoms. The monoisotopic (exact) mass is 715 g/mol. The van der Waals surface area contributed by atoms with Crippen molar-refractivity contribution in [3.05, 3.63) is 224 Å². The molecule has 0 spiro atoms. The van der Waals surface area contributed by atoms with Crippen LogP contribution < -0.4 is 4.90 Å². The number of fused-ring (bicyclic) bond motifs is 2. The average molecular weight is 716 g/mol. The fourth-order valence-corrected chi connectivity index (χ4v) is 7.71. The van der Waals surface area contributed by atoms with Crippen molar-refractivity contribution in [3.8, 4) is 55.8 Å². The van der Waals surface area contributed by atoms with Gasteiger partial charge in [-0.1, -0.05) is 164 Å². The third kappa shape index (κ3) is 6.55. The second-order valence-corrected chi connectivity index (χ2v) is 14.2. The highest BCUT2D eigenvalue weighted by atomic mass is 16.3. The molecule has 0 amide bonds. The Kier molecular flexibility index (Phi) is 8.55. The third-order valence-electron chi connectivity index (χ3n) is 10.7. The van der Waals surface area contributed by atoms with Crippen molar-refractivity contribution in [2.24, 2.45) is 0 Å². The summed E-state index contributed by atoms with van der Waals surface area (Å²) in [6, 6.07) is 80.1. The number of hydrogen-bond donors (Lipinski definition) is 0. The van der Waals surface area contributed by atoms with Gasteiger partial charge in [0.05, 0.1) is 0 Å². The zero-order valence-electron chi connectivity index (χ0n) is 30.7. The minimum absolute atomic E-state index is 0.851. The smallest absolute Gasteiger partial charge is 0.135 e. The summed E-state index contributed by atoms with van der Waals surface area (Å²) in [5.41, 5.74) is 14.7. The van der Waals surface area contributed by atoms with Gasteiger partial charge in [-0.25, -0.2) is 0 Å². The van der Waals surface area contributed by atoms with Crippen LogP contribution in [0.2, 0.25) is 0 Å². The molecule has 0 radical (unpaired) electrons. The Morgan fingerprint density at radius 1 is 0.250 bits per heavy atom. The maximum Gasteiger partial charge on any atom is 0.135 e. The fourth-order valence-electron chi connectivity index (χ4n) is 7.71. The quantitative estimate of drug-likeness (QED) is 0.156. The molecule has 0 saturated heterocycles. The highest BCUT2D eigenvalue weighted by Gasteiger charge is 2.16. The number of para-hydroxylation sites is 1. The van der Waals surface area contributed by atoms with Crippen molar-refractivity contribution in [2.75, 3.05) is 4.90 Å². The molecule has 2 heteroatoms. The third-order valence-corrected chi connectivity index (χ3v) is 10.7. The predicted octanol–water partition coefficient (Wildman–Crippen LogP) is 15.4. The summed E-state index contributed by atoms with van der Waals surface area (Å²) in [5, 5.41) is 3.60. The van der Waals surface area contributed by atoms with Gasteiger partial charge in [0.1, 0.15) is 11.3 Å². The van der Waals surface area contributed by atoms with E-state index < -0.39 is 0 Å². The van der Waals surface area contributed by atoms with Gasteiger partial charge >= 0.3 is 0 Å². The van der Waals surface area contributed by atoms with Crippen LogP contribution >= 0.6 is 0 Å². The maximum absolute atomic E-state index is 6.31. The Labute approximate surface area is 327 Å². The van der Waals surface area contributed by atoms with Gasteiger partial charge in [-0.3, -0.25) is 0 Å². The van der Waals surface area contributed by atoms with Crippen molar-refractivity contribution in [3.63, 3.8) is 0 Å². The zero-order chi connectivity index (χ0) is 37.3. The van der Waals surface area contributed by atoms with Crippen LogP contribution in [0.3, 0.4) is 0 Å². The van der Waals surface area contributed by atoms with E-state index in [4.69, 9.17) is 4.42 Å². The second kappa shape index (κ2) is 14.4. The summed E-state index contributed by atoms with van der Waals surface area (Å²) in [6.45, 7) is 0. The second-order valence-electron chi connectivity index (χ2n) is 14.2. The van der Waals surface area contributed by atoms with Gasteiger partial charge < -0.3 is 9.32 Å². The molecule has 0 fully saturated rings. The molecular formula is C54H37NO. The summed E-state index contributed by atoms with van der Waals surface area (Å²) in [4.78, 5) is 2.32. The Morgan fingerprint density at radius 2 is 0.714 bits per heavy atom. The summed E-state index contributed by atoms with van der Waals surface area (Å²) in [6.07, 6.45) is 0. The van der Waals surface area contributed by atoms with Crippen molar-refractivity contribution >= 4 is 38.8 Å². The first-order valence-corrected chi connectivity index (χ1v) is 19.1. The van der Waals surface area contributed by atoms with Crippen LogP contribution in [0.1, 0.15) is 0 Å². The molecule has 56 heavy (non-hydrogen) atoms. The molecule has 0 saturated carbocycles. The predicted molar refractivity (Wildman–Crippen MR) is 236 cm³/mol. The molecule has 0 atom stereocenters.